The number of ketones is 1. The summed E-state index contributed by atoms with van der Waals surface area (Å²) in [5.74, 6) is 0.131. The molecule has 0 N–H and O–H groups in total. The van der Waals surface area contributed by atoms with Crippen molar-refractivity contribution in [3.63, 3.8) is 0 Å². The Hall–Kier alpha value is -2.22. The molecule has 0 aliphatic carbocycles. The molecule has 0 fully saturated rings. The second kappa shape index (κ2) is 5.92. The van der Waals surface area contributed by atoms with Crippen LogP contribution in [0.4, 0.5) is 0 Å². The van der Waals surface area contributed by atoms with Crippen LogP contribution in [0.25, 0.3) is 11.6 Å². The maximum absolute atomic E-state index is 12.0. The van der Waals surface area contributed by atoms with E-state index in [2.05, 4.69) is 4.98 Å². The number of pyridine rings is 1. The third kappa shape index (κ3) is 2.92. The molecule has 0 bridgehead atoms. The Balaban J connectivity index is 2.44. The minimum Gasteiger partial charge on any atom is -0.294 e. The molecule has 0 saturated heterocycles. The lowest BCUT2D eigenvalue weighted by Crippen LogP contribution is -2.00. The summed E-state index contributed by atoms with van der Waals surface area (Å²) in [7, 11) is 0. The number of carbonyl (C=O) groups is 1. The van der Waals surface area contributed by atoms with Crippen LogP contribution in [0.3, 0.4) is 0 Å². The molecule has 0 unspecified atom stereocenters. The maximum atomic E-state index is 12.0. The summed E-state index contributed by atoms with van der Waals surface area (Å²) in [5, 5.41) is 0. The molecule has 0 radical (unpaired) electrons. The molecule has 2 nitrogen and oxygen atoms in total. The SMILES string of the molecule is CCC(=O)/C(=C/c1ccccn1)c1ccccc1. The number of rotatable bonds is 4. The van der Waals surface area contributed by atoms with Crippen molar-refractivity contribution >= 4 is 17.4 Å². The Bertz CT molecular complexity index is 544. The molecule has 90 valence electrons. The van der Waals surface area contributed by atoms with Crippen molar-refractivity contribution in [2.75, 3.05) is 0 Å². The average molecular weight is 237 g/mol. The van der Waals surface area contributed by atoms with E-state index in [0.29, 0.717) is 6.42 Å². The van der Waals surface area contributed by atoms with E-state index in [4.69, 9.17) is 0 Å². The first-order chi connectivity index (χ1) is 8.81. The Morgan fingerprint density at radius 1 is 1.11 bits per heavy atom. The number of nitrogens with zero attached hydrogens (tertiary/aromatic N) is 1. The summed E-state index contributed by atoms with van der Waals surface area (Å²) in [4.78, 5) is 16.3. The van der Waals surface area contributed by atoms with E-state index in [9.17, 15) is 4.79 Å². The second-order valence-corrected chi connectivity index (χ2v) is 3.96. The first-order valence-corrected chi connectivity index (χ1v) is 6.02. The standard InChI is InChI=1S/C16H15NO/c1-2-16(18)15(13-8-4-3-5-9-13)12-14-10-6-7-11-17-14/h3-12H,2H2,1H3/b15-12+. The van der Waals surface area contributed by atoms with Crippen LogP contribution in [0.15, 0.2) is 54.7 Å². The maximum Gasteiger partial charge on any atom is 0.163 e. The highest BCUT2D eigenvalue weighted by Gasteiger charge is 2.09. The first kappa shape index (κ1) is 12.2. The van der Waals surface area contributed by atoms with Gasteiger partial charge in [0, 0.05) is 18.2 Å². The normalized spacial score (nSPS) is 11.3. The number of aromatic nitrogens is 1. The Morgan fingerprint density at radius 3 is 2.44 bits per heavy atom. The van der Waals surface area contributed by atoms with Gasteiger partial charge in [0.05, 0.1) is 5.69 Å². The largest absolute Gasteiger partial charge is 0.294 e. The third-order valence-electron chi connectivity index (χ3n) is 2.69. The minimum atomic E-state index is 0.131. The summed E-state index contributed by atoms with van der Waals surface area (Å²) in [6.07, 6.45) is 4.07. The van der Waals surface area contributed by atoms with Crippen LogP contribution in [-0.4, -0.2) is 10.8 Å². The molecule has 0 amide bonds. The molecule has 2 heteroatoms. The molecule has 0 aliphatic rings. The van der Waals surface area contributed by atoms with E-state index in [0.717, 1.165) is 16.8 Å². The first-order valence-electron chi connectivity index (χ1n) is 6.02. The molecule has 0 aliphatic heterocycles. The van der Waals surface area contributed by atoms with E-state index < -0.39 is 0 Å². The average Bonchev–Trinajstić information content (AvgIpc) is 2.46. The number of hydrogen-bond donors (Lipinski definition) is 0. The smallest absolute Gasteiger partial charge is 0.163 e. The molecule has 0 spiro atoms. The predicted octanol–water partition coefficient (Wildman–Crippen LogP) is 3.60. The molecule has 1 aromatic heterocycles. The topological polar surface area (TPSA) is 30.0 Å². The number of carbonyl (C=O) groups excluding carboxylic acids is 1. The highest BCUT2D eigenvalue weighted by atomic mass is 16.1. The summed E-state index contributed by atoms with van der Waals surface area (Å²) >= 11 is 0. The van der Waals surface area contributed by atoms with Gasteiger partial charge in [-0.1, -0.05) is 43.3 Å². The van der Waals surface area contributed by atoms with Crippen molar-refractivity contribution in [1.82, 2.24) is 4.98 Å². The van der Waals surface area contributed by atoms with Gasteiger partial charge in [-0.2, -0.15) is 0 Å². The van der Waals surface area contributed by atoms with Crippen molar-refractivity contribution in [3.8, 4) is 0 Å². The van der Waals surface area contributed by atoms with Gasteiger partial charge in [0.15, 0.2) is 5.78 Å². The lowest BCUT2D eigenvalue weighted by atomic mass is 9.99. The predicted molar refractivity (Wildman–Crippen MR) is 73.8 cm³/mol. The van der Waals surface area contributed by atoms with Crippen LogP contribution in [0.2, 0.25) is 0 Å². The fourth-order valence-electron chi connectivity index (χ4n) is 1.74. The van der Waals surface area contributed by atoms with Gasteiger partial charge in [-0.25, -0.2) is 0 Å². The van der Waals surface area contributed by atoms with Crippen molar-refractivity contribution in [1.29, 1.82) is 0 Å². The molecular formula is C16H15NO. The van der Waals surface area contributed by atoms with Crippen LogP contribution in [-0.2, 0) is 4.79 Å². The van der Waals surface area contributed by atoms with Crippen molar-refractivity contribution < 1.29 is 4.79 Å². The van der Waals surface area contributed by atoms with Crippen LogP contribution in [0, 0.1) is 0 Å². The van der Waals surface area contributed by atoms with E-state index >= 15 is 0 Å². The zero-order chi connectivity index (χ0) is 12.8. The highest BCUT2D eigenvalue weighted by Crippen LogP contribution is 2.19. The Kier molecular flexibility index (Phi) is 4.02. The fraction of sp³-hybridized carbons (Fsp3) is 0.125. The Labute approximate surface area is 107 Å². The monoisotopic (exact) mass is 237 g/mol. The number of Topliss-reactive ketones (excluding diaryl/α,β-unsaturated/α-hetero) is 1. The third-order valence-corrected chi connectivity index (χ3v) is 2.69. The zero-order valence-corrected chi connectivity index (χ0v) is 10.3. The lowest BCUT2D eigenvalue weighted by Gasteiger charge is -2.05. The molecule has 2 rings (SSSR count). The van der Waals surface area contributed by atoms with Gasteiger partial charge in [-0.3, -0.25) is 9.78 Å². The number of benzene rings is 1. The lowest BCUT2D eigenvalue weighted by molar-refractivity contribution is -0.113. The molecule has 0 saturated carbocycles. The number of hydrogen-bond acceptors (Lipinski definition) is 2. The fourth-order valence-corrected chi connectivity index (χ4v) is 1.74. The molecular weight excluding hydrogens is 222 g/mol. The van der Waals surface area contributed by atoms with E-state index in [1.807, 2.05) is 61.5 Å². The van der Waals surface area contributed by atoms with Crippen LogP contribution >= 0.6 is 0 Å². The van der Waals surface area contributed by atoms with Gasteiger partial charge in [-0.15, -0.1) is 0 Å². The molecule has 0 atom stereocenters. The molecule has 1 heterocycles. The Morgan fingerprint density at radius 2 is 1.83 bits per heavy atom. The van der Waals surface area contributed by atoms with Gasteiger partial charge in [0.25, 0.3) is 0 Å². The second-order valence-electron chi connectivity index (χ2n) is 3.96. The van der Waals surface area contributed by atoms with E-state index in [1.165, 1.54) is 0 Å². The van der Waals surface area contributed by atoms with Crippen LogP contribution in [0.5, 0.6) is 0 Å². The van der Waals surface area contributed by atoms with E-state index in [1.54, 1.807) is 6.20 Å². The highest BCUT2D eigenvalue weighted by molar-refractivity contribution is 6.25. The van der Waals surface area contributed by atoms with Gasteiger partial charge in [0.2, 0.25) is 0 Å². The van der Waals surface area contributed by atoms with Crippen molar-refractivity contribution in [2.45, 2.75) is 13.3 Å². The molecule has 18 heavy (non-hydrogen) atoms. The summed E-state index contributed by atoms with van der Waals surface area (Å²) in [5.41, 5.74) is 2.46. The number of allylic oxidation sites excluding steroid dienone is 1. The van der Waals surface area contributed by atoms with Crippen LogP contribution in [0.1, 0.15) is 24.6 Å². The molecule has 2 aromatic rings. The van der Waals surface area contributed by atoms with Crippen LogP contribution < -0.4 is 0 Å². The van der Waals surface area contributed by atoms with E-state index in [-0.39, 0.29) is 5.78 Å². The van der Waals surface area contributed by atoms with Gasteiger partial charge < -0.3 is 0 Å². The quantitative estimate of drug-likeness (QED) is 0.760. The van der Waals surface area contributed by atoms with Gasteiger partial charge in [0.1, 0.15) is 0 Å². The van der Waals surface area contributed by atoms with Crippen molar-refractivity contribution in [2.24, 2.45) is 0 Å². The zero-order valence-electron chi connectivity index (χ0n) is 10.3. The summed E-state index contributed by atoms with van der Waals surface area (Å²) < 4.78 is 0. The molecule has 1 aromatic carbocycles. The summed E-state index contributed by atoms with van der Waals surface area (Å²) in [6, 6.07) is 15.4. The van der Waals surface area contributed by atoms with Gasteiger partial charge >= 0.3 is 0 Å². The van der Waals surface area contributed by atoms with Gasteiger partial charge in [-0.05, 0) is 23.8 Å². The minimum absolute atomic E-state index is 0.131. The summed E-state index contributed by atoms with van der Waals surface area (Å²) in [6.45, 7) is 1.87. The van der Waals surface area contributed by atoms with Crippen molar-refractivity contribution in [3.05, 3.63) is 66.0 Å².